The molecule has 9 rings (SSSR count). The van der Waals surface area contributed by atoms with Crippen LogP contribution in [0.3, 0.4) is 0 Å². The zero-order valence-electron chi connectivity index (χ0n) is 32.4. The van der Waals surface area contributed by atoms with Gasteiger partial charge in [-0.05, 0) is 90.5 Å². The van der Waals surface area contributed by atoms with E-state index in [0.717, 1.165) is 44.1 Å². The minimum Gasteiger partial charge on any atom is -0.483 e. The Morgan fingerprint density at radius 1 is 1.04 bits per heavy atom. The Labute approximate surface area is 331 Å². The second-order valence-electron chi connectivity index (χ2n) is 17.9. The van der Waals surface area contributed by atoms with Gasteiger partial charge in [-0.2, -0.15) is 0 Å². The predicted molar refractivity (Wildman–Crippen MR) is 207 cm³/mol. The van der Waals surface area contributed by atoms with Crippen molar-refractivity contribution in [1.82, 2.24) is 25.2 Å². The number of para-hydroxylation sites is 1. The summed E-state index contributed by atoms with van der Waals surface area (Å²) in [6.07, 6.45) is 14.5. The average molecular weight is 804 g/mol. The number of allylic oxidation sites excluding steroid dienone is 1. The maximum Gasteiger partial charge on any atom is 0.408 e. The summed E-state index contributed by atoms with van der Waals surface area (Å²) in [5.41, 5.74) is -1.54. The minimum absolute atomic E-state index is 0.00466. The van der Waals surface area contributed by atoms with E-state index in [2.05, 4.69) is 15.4 Å². The lowest BCUT2D eigenvalue weighted by atomic mass is 9.73. The molecule has 4 aliphatic carbocycles. The molecule has 4 heterocycles. The smallest absolute Gasteiger partial charge is 0.408 e. The number of benzene rings is 1. The fourth-order valence-electron chi connectivity index (χ4n) is 8.85. The predicted octanol–water partition coefficient (Wildman–Crippen LogP) is 5.12. The number of alkyl carbamates (subject to hydrolysis) is 1. The Morgan fingerprint density at radius 3 is 2.53 bits per heavy atom. The summed E-state index contributed by atoms with van der Waals surface area (Å²) < 4.78 is 55.6. The van der Waals surface area contributed by atoms with E-state index in [-0.39, 0.29) is 18.9 Å². The van der Waals surface area contributed by atoms with Crippen molar-refractivity contribution in [3.63, 3.8) is 0 Å². The van der Waals surface area contributed by atoms with Crippen molar-refractivity contribution in [3.05, 3.63) is 59.6 Å². The Hall–Kier alpha value is -4.53. The van der Waals surface area contributed by atoms with Gasteiger partial charge in [0.1, 0.15) is 45.9 Å². The van der Waals surface area contributed by atoms with Crippen LogP contribution in [-0.2, 0) is 35.6 Å². The highest BCUT2D eigenvalue weighted by atomic mass is 32.2. The van der Waals surface area contributed by atoms with Gasteiger partial charge >= 0.3 is 6.09 Å². The lowest BCUT2D eigenvalue weighted by Crippen LogP contribution is -2.67. The van der Waals surface area contributed by atoms with Crippen molar-refractivity contribution in [2.45, 2.75) is 143 Å². The second kappa shape index (κ2) is 13.5. The number of sulfonamides is 1. The van der Waals surface area contributed by atoms with Gasteiger partial charge in [0.25, 0.3) is 5.91 Å². The van der Waals surface area contributed by atoms with Crippen LogP contribution < -0.4 is 20.1 Å². The molecule has 3 aliphatic heterocycles. The number of ether oxygens (including phenoxy) is 2. The molecule has 1 aromatic carbocycles. The van der Waals surface area contributed by atoms with Crippen molar-refractivity contribution < 1.29 is 41.5 Å². The molecular weight excluding hydrogens is 754 g/mol. The molecule has 4 fully saturated rings. The van der Waals surface area contributed by atoms with Crippen LogP contribution in [0.2, 0.25) is 0 Å². The topological polar surface area (TPSA) is 173 Å². The van der Waals surface area contributed by atoms with Crippen molar-refractivity contribution in [1.29, 1.82) is 0 Å². The van der Waals surface area contributed by atoms with Crippen LogP contribution in [0, 0.1) is 11.7 Å². The molecule has 5 atom stereocenters. The lowest BCUT2D eigenvalue weighted by molar-refractivity contribution is -0.142. The maximum atomic E-state index is 15.1. The van der Waals surface area contributed by atoms with E-state index in [4.69, 9.17) is 14.5 Å². The molecule has 3 N–H and O–H groups in total. The van der Waals surface area contributed by atoms with E-state index in [0.29, 0.717) is 67.3 Å². The number of nitrogens with one attached hydrogen (secondary N) is 3. The maximum absolute atomic E-state index is 15.1. The number of halogens is 1. The van der Waals surface area contributed by atoms with Gasteiger partial charge in [0.15, 0.2) is 0 Å². The number of carbonyl (C=O) groups is 4. The number of pyridine rings is 1. The van der Waals surface area contributed by atoms with Crippen LogP contribution in [-0.4, -0.2) is 82.2 Å². The van der Waals surface area contributed by atoms with Gasteiger partial charge in [-0.1, -0.05) is 49.3 Å². The number of rotatable bonds is 6. The Kier molecular flexibility index (Phi) is 9.02. The summed E-state index contributed by atoms with van der Waals surface area (Å²) in [5.74, 6) is -2.37. The van der Waals surface area contributed by atoms with Gasteiger partial charge in [0.2, 0.25) is 21.8 Å². The van der Waals surface area contributed by atoms with Crippen LogP contribution in [0.15, 0.2) is 42.5 Å². The second-order valence-corrected chi connectivity index (χ2v) is 20.1. The van der Waals surface area contributed by atoms with Gasteiger partial charge in [-0.15, -0.1) is 0 Å². The van der Waals surface area contributed by atoms with E-state index in [1.165, 1.54) is 17.0 Å². The monoisotopic (exact) mass is 803 g/mol. The molecule has 13 nitrogen and oxygen atoms in total. The SMILES string of the molecule is CC1(OC(=O)N[C@H]2CCCCC/C=C\[C@@H]3C=C[C@@]3(C(=O)NS(=O)(=O)C3(C)CC3)NC(=O)[C@@H]3C[C@]4(CCc5c(c(C6CC6)nc6c(F)cccc56)O4)CN3C2=O)CC1. The summed E-state index contributed by atoms with van der Waals surface area (Å²) in [4.78, 5) is 63.3. The van der Waals surface area contributed by atoms with Crippen molar-refractivity contribution in [2.24, 2.45) is 5.92 Å². The first-order valence-corrected chi connectivity index (χ1v) is 22.0. The minimum atomic E-state index is -4.05. The molecule has 57 heavy (non-hydrogen) atoms. The standard InChI is InChI=1S/C42H50FN5O8S/c1-39(19-20-39)56-38(52)44-30-12-7-5-3-4-6-9-26-15-18-42(26,37(51)47-57(53,54)40(2)21-22-40)46-35(49)31-23-41(24-48(31)36(30)50)17-16-28-27-10-8-11-29(43)33(27)45-32(25-13-14-25)34(28)55-41/h6,8-11,15,18,25-26,30-31H,3-5,7,12-14,16-17,19-24H2,1-2H3,(H,44,52)(H,46,49)(H,47,51)/b9-6-/t26-,30+,31+,41-,42-/m1/s1. The van der Waals surface area contributed by atoms with E-state index in [1.807, 2.05) is 25.1 Å². The third-order valence-corrected chi connectivity index (χ3v) is 15.5. The van der Waals surface area contributed by atoms with Crippen molar-refractivity contribution in [2.75, 3.05) is 6.54 Å². The summed E-state index contributed by atoms with van der Waals surface area (Å²) in [7, 11) is -4.05. The first kappa shape index (κ1) is 38.0. The summed E-state index contributed by atoms with van der Waals surface area (Å²) in [5, 5.41) is 6.41. The van der Waals surface area contributed by atoms with E-state index in [9.17, 15) is 27.6 Å². The van der Waals surface area contributed by atoms with Gasteiger partial charge < -0.3 is 25.0 Å². The number of carbonyl (C=O) groups excluding carboxylic acids is 4. The highest BCUT2D eigenvalue weighted by Gasteiger charge is 2.58. The number of hydrogen-bond donors (Lipinski definition) is 3. The Bertz CT molecular complexity index is 2230. The molecule has 15 heteroatoms. The fourth-order valence-corrected chi connectivity index (χ4v) is 10.2. The van der Waals surface area contributed by atoms with Crippen LogP contribution in [0.4, 0.5) is 9.18 Å². The van der Waals surface area contributed by atoms with E-state index >= 15 is 4.39 Å². The molecule has 1 saturated heterocycles. The molecular formula is C42H50FN5O8S. The quantitative estimate of drug-likeness (QED) is 0.335. The van der Waals surface area contributed by atoms with Crippen molar-refractivity contribution >= 4 is 44.7 Å². The Balaban J connectivity index is 1.08. The molecule has 3 saturated carbocycles. The van der Waals surface area contributed by atoms with Gasteiger partial charge in [0.05, 0.1) is 17.0 Å². The van der Waals surface area contributed by atoms with E-state index in [1.54, 1.807) is 19.1 Å². The molecule has 1 aromatic heterocycles. The fraction of sp³-hybridized carbons (Fsp3) is 0.595. The molecule has 4 amide bonds. The normalized spacial score (nSPS) is 31.9. The number of aryl methyl sites for hydroxylation is 1. The number of amides is 4. The summed E-state index contributed by atoms with van der Waals surface area (Å²) in [6.45, 7) is 3.43. The highest BCUT2D eigenvalue weighted by Crippen LogP contribution is 2.51. The molecule has 0 unspecified atom stereocenters. The molecule has 7 aliphatic rings. The van der Waals surface area contributed by atoms with E-state index < -0.39 is 79.1 Å². The third kappa shape index (κ3) is 6.86. The van der Waals surface area contributed by atoms with Crippen LogP contribution in [0.5, 0.6) is 5.75 Å². The molecule has 0 bridgehead atoms. The molecule has 0 radical (unpaired) electrons. The van der Waals surface area contributed by atoms with Crippen LogP contribution >= 0.6 is 0 Å². The lowest BCUT2D eigenvalue weighted by Gasteiger charge is -2.42. The first-order chi connectivity index (χ1) is 27.1. The zero-order valence-corrected chi connectivity index (χ0v) is 33.2. The highest BCUT2D eigenvalue weighted by molar-refractivity contribution is 7.91. The third-order valence-electron chi connectivity index (χ3n) is 13.4. The number of nitrogens with zero attached hydrogens (tertiary/aromatic N) is 2. The van der Waals surface area contributed by atoms with Crippen molar-refractivity contribution in [3.8, 4) is 5.75 Å². The molecule has 304 valence electrons. The van der Waals surface area contributed by atoms with Gasteiger partial charge in [-0.25, -0.2) is 22.6 Å². The summed E-state index contributed by atoms with van der Waals surface area (Å²) in [6, 6.07) is 2.73. The largest absolute Gasteiger partial charge is 0.483 e. The molecule has 1 spiro atoms. The van der Waals surface area contributed by atoms with Crippen LogP contribution in [0.25, 0.3) is 10.9 Å². The first-order valence-electron chi connectivity index (χ1n) is 20.5. The summed E-state index contributed by atoms with van der Waals surface area (Å²) >= 11 is 0. The Morgan fingerprint density at radius 2 is 1.82 bits per heavy atom. The average Bonchev–Trinajstić information content (AvgIpc) is 4.10. The molecule has 2 aromatic rings. The van der Waals surface area contributed by atoms with Gasteiger partial charge in [-0.3, -0.25) is 19.1 Å². The number of hydrogen-bond acceptors (Lipinski definition) is 9. The van der Waals surface area contributed by atoms with Gasteiger partial charge in [0, 0.05) is 29.2 Å². The zero-order chi connectivity index (χ0) is 40.0. The van der Waals surface area contributed by atoms with Crippen LogP contribution in [0.1, 0.15) is 114 Å². The number of fused-ring (bicyclic) bond motifs is 5. The number of aromatic nitrogens is 1.